The molecule has 3 N–H and O–H groups in total. The van der Waals surface area contributed by atoms with Gasteiger partial charge >= 0.3 is 5.97 Å². The van der Waals surface area contributed by atoms with E-state index in [0.717, 1.165) is 6.07 Å². The van der Waals surface area contributed by atoms with Crippen LogP contribution in [0.5, 0.6) is 0 Å². The fourth-order valence-electron chi connectivity index (χ4n) is 3.33. The summed E-state index contributed by atoms with van der Waals surface area (Å²) in [5, 5.41) is 22.5. The van der Waals surface area contributed by atoms with Gasteiger partial charge in [0.25, 0.3) is 5.56 Å². The van der Waals surface area contributed by atoms with Crippen LogP contribution in [-0.2, 0) is 0 Å². The lowest BCUT2D eigenvalue weighted by Crippen LogP contribution is -2.16. The van der Waals surface area contributed by atoms with Gasteiger partial charge < -0.3 is 5.11 Å². The van der Waals surface area contributed by atoms with E-state index in [2.05, 4.69) is 20.5 Å². The monoisotopic (exact) mass is 453 g/mol. The first-order valence-corrected chi connectivity index (χ1v) is 9.99. The lowest BCUT2D eigenvalue weighted by molar-refractivity contribution is 0.0692. The second-order valence-electron chi connectivity index (χ2n) is 7.07. The van der Waals surface area contributed by atoms with Crippen molar-refractivity contribution in [3.8, 4) is 28.5 Å². The Labute approximate surface area is 192 Å². The molecule has 0 fully saturated rings. The van der Waals surface area contributed by atoms with E-state index in [1.807, 2.05) is 12.1 Å². The van der Waals surface area contributed by atoms with Crippen LogP contribution in [0.3, 0.4) is 0 Å². The van der Waals surface area contributed by atoms with Gasteiger partial charge in [-0.15, -0.1) is 0 Å². The molecule has 166 valence electrons. The van der Waals surface area contributed by atoms with Crippen LogP contribution >= 0.6 is 0 Å². The van der Waals surface area contributed by atoms with Crippen LogP contribution in [0, 0.1) is 17.1 Å². The molecular weight excluding hydrogens is 437 g/mol. The molecular formula is C25H16FN5O3. The molecule has 4 aromatic rings. The average molecular weight is 453 g/mol. The maximum absolute atomic E-state index is 14.2. The number of hydrazone groups is 1. The molecule has 0 aliphatic rings. The van der Waals surface area contributed by atoms with Crippen LogP contribution < -0.4 is 11.0 Å². The largest absolute Gasteiger partial charge is 0.478 e. The van der Waals surface area contributed by atoms with Crippen molar-refractivity contribution >= 4 is 18.1 Å². The molecule has 0 aliphatic heterocycles. The Morgan fingerprint density at radius 2 is 1.82 bits per heavy atom. The van der Waals surface area contributed by atoms with Crippen molar-refractivity contribution in [1.29, 1.82) is 5.26 Å². The predicted molar refractivity (Wildman–Crippen MR) is 125 cm³/mol. The van der Waals surface area contributed by atoms with Crippen LogP contribution in [0.15, 0.2) is 82.7 Å². The molecule has 0 radical (unpaired) electrons. The van der Waals surface area contributed by atoms with E-state index < -0.39 is 22.9 Å². The zero-order valence-electron chi connectivity index (χ0n) is 17.5. The third-order valence-corrected chi connectivity index (χ3v) is 4.92. The Hall–Kier alpha value is -5.10. The van der Waals surface area contributed by atoms with Gasteiger partial charge in [0.05, 0.1) is 17.5 Å². The number of aromatic carboxylic acids is 1. The molecule has 8 nitrogen and oxygen atoms in total. The first-order chi connectivity index (χ1) is 16.5. The summed E-state index contributed by atoms with van der Waals surface area (Å²) in [7, 11) is 0. The van der Waals surface area contributed by atoms with Crippen LogP contribution in [0.25, 0.3) is 22.4 Å². The Bertz CT molecular complexity index is 1510. The number of halogens is 1. The lowest BCUT2D eigenvalue weighted by Gasteiger charge is -2.08. The maximum Gasteiger partial charge on any atom is 0.338 e. The molecule has 1 aromatic heterocycles. The van der Waals surface area contributed by atoms with Crippen molar-refractivity contribution in [2.75, 3.05) is 5.43 Å². The molecule has 0 aliphatic carbocycles. The molecule has 0 saturated carbocycles. The number of aromatic nitrogens is 2. The second-order valence-corrected chi connectivity index (χ2v) is 7.07. The highest BCUT2D eigenvalue weighted by molar-refractivity contribution is 5.92. The van der Waals surface area contributed by atoms with Crippen LogP contribution in [-0.4, -0.2) is 27.3 Å². The van der Waals surface area contributed by atoms with Gasteiger partial charge in [0, 0.05) is 11.1 Å². The zero-order valence-corrected chi connectivity index (χ0v) is 17.5. The van der Waals surface area contributed by atoms with Crippen LogP contribution in [0.2, 0.25) is 0 Å². The molecule has 3 aromatic carbocycles. The fraction of sp³-hybridized carbons (Fsp3) is 0. The van der Waals surface area contributed by atoms with Crippen molar-refractivity contribution in [2.24, 2.45) is 5.10 Å². The number of nitriles is 1. The van der Waals surface area contributed by atoms with E-state index in [1.54, 1.807) is 48.5 Å². The van der Waals surface area contributed by atoms with E-state index in [0.29, 0.717) is 22.3 Å². The number of nitrogens with zero attached hydrogens (tertiary/aromatic N) is 3. The van der Waals surface area contributed by atoms with Gasteiger partial charge in [-0.2, -0.15) is 10.4 Å². The highest BCUT2D eigenvalue weighted by Gasteiger charge is 2.14. The van der Waals surface area contributed by atoms with Crippen LogP contribution in [0.4, 0.5) is 10.3 Å². The Morgan fingerprint density at radius 1 is 1.09 bits per heavy atom. The van der Waals surface area contributed by atoms with E-state index in [9.17, 15) is 19.2 Å². The number of H-pyrrole nitrogens is 1. The minimum Gasteiger partial charge on any atom is -0.478 e. The highest BCUT2D eigenvalue weighted by atomic mass is 19.1. The quantitative estimate of drug-likeness (QED) is 0.295. The zero-order chi connectivity index (χ0) is 24.1. The molecule has 34 heavy (non-hydrogen) atoms. The van der Waals surface area contributed by atoms with Gasteiger partial charge in [0.15, 0.2) is 0 Å². The van der Waals surface area contributed by atoms with Crippen LogP contribution in [0.1, 0.15) is 21.5 Å². The summed E-state index contributed by atoms with van der Waals surface area (Å²) in [6, 6.07) is 21.6. The third-order valence-electron chi connectivity index (χ3n) is 4.92. The van der Waals surface area contributed by atoms with Crippen molar-refractivity contribution in [3.05, 3.63) is 106 Å². The molecule has 0 unspecified atom stereocenters. The highest BCUT2D eigenvalue weighted by Crippen LogP contribution is 2.25. The SMILES string of the molecule is N#Cc1c(-c2ccccc2)nc(NN=Cc2ccccc2-c2ccc(C(=O)O)c(F)c2)[nH]c1=O. The van der Waals surface area contributed by atoms with E-state index in [4.69, 9.17) is 5.11 Å². The average Bonchev–Trinajstić information content (AvgIpc) is 2.84. The first-order valence-electron chi connectivity index (χ1n) is 9.99. The second kappa shape index (κ2) is 9.58. The smallest absolute Gasteiger partial charge is 0.338 e. The van der Waals surface area contributed by atoms with E-state index >= 15 is 0 Å². The molecule has 0 amide bonds. The fourth-order valence-corrected chi connectivity index (χ4v) is 3.33. The summed E-state index contributed by atoms with van der Waals surface area (Å²) in [6.45, 7) is 0. The molecule has 0 saturated heterocycles. The van der Waals surface area contributed by atoms with Gasteiger partial charge in [-0.1, -0.05) is 60.7 Å². The number of carbonyl (C=O) groups is 1. The number of carboxylic acids is 1. The van der Waals surface area contributed by atoms with Crippen molar-refractivity contribution in [1.82, 2.24) is 9.97 Å². The van der Waals surface area contributed by atoms with Gasteiger partial charge in [-0.25, -0.2) is 19.6 Å². The normalized spacial score (nSPS) is 10.7. The van der Waals surface area contributed by atoms with Gasteiger partial charge in [-0.05, 0) is 23.3 Å². The topological polar surface area (TPSA) is 131 Å². The van der Waals surface area contributed by atoms with Crippen molar-refractivity contribution in [3.63, 3.8) is 0 Å². The molecule has 0 spiro atoms. The molecule has 0 atom stereocenters. The number of carboxylic acid groups (broad SMARTS) is 1. The van der Waals surface area contributed by atoms with E-state index in [1.165, 1.54) is 18.3 Å². The van der Waals surface area contributed by atoms with Crippen molar-refractivity contribution in [2.45, 2.75) is 0 Å². The van der Waals surface area contributed by atoms with Gasteiger partial charge in [0.2, 0.25) is 5.95 Å². The predicted octanol–water partition coefficient (Wildman–Crippen LogP) is 4.26. The summed E-state index contributed by atoms with van der Waals surface area (Å²) in [6.07, 6.45) is 1.46. The van der Waals surface area contributed by atoms with Crippen molar-refractivity contribution < 1.29 is 14.3 Å². The Morgan fingerprint density at radius 3 is 2.53 bits per heavy atom. The summed E-state index contributed by atoms with van der Waals surface area (Å²) in [5.41, 5.74) is 4.04. The lowest BCUT2D eigenvalue weighted by atomic mass is 9.99. The number of aromatic amines is 1. The van der Waals surface area contributed by atoms with Gasteiger partial charge in [-0.3, -0.25) is 9.78 Å². The molecule has 9 heteroatoms. The summed E-state index contributed by atoms with van der Waals surface area (Å²) < 4.78 is 14.2. The number of rotatable bonds is 6. The standard InChI is InChI=1S/C25H16FN5O3/c26-21-12-16(10-11-19(21)24(33)34)18-9-5-4-8-17(18)14-28-31-25-29-22(15-6-2-1-3-7-15)20(13-27)23(32)30-25/h1-12,14H,(H,33,34)(H2,29,30,31,32). The molecule has 1 heterocycles. The summed E-state index contributed by atoms with van der Waals surface area (Å²) in [4.78, 5) is 30.2. The minimum atomic E-state index is -1.35. The molecule has 4 rings (SSSR count). The van der Waals surface area contributed by atoms with E-state index in [-0.39, 0.29) is 17.2 Å². The number of benzene rings is 3. The number of anilines is 1. The summed E-state index contributed by atoms with van der Waals surface area (Å²) >= 11 is 0. The van der Waals surface area contributed by atoms with Gasteiger partial charge in [0.1, 0.15) is 17.4 Å². The number of hydrogen-bond donors (Lipinski definition) is 3. The third kappa shape index (κ3) is 4.56. The first kappa shape index (κ1) is 22.1. The maximum atomic E-state index is 14.2. The molecule has 0 bridgehead atoms. The Balaban J connectivity index is 1.64. The number of hydrogen-bond acceptors (Lipinski definition) is 6. The summed E-state index contributed by atoms with van der Waals surface area (Å²) in [5.74, 6) is -2.15. The minimum absolute atomic E-state index is 0.0356. The number of nitrogens with one attached hydrogen (secondary N) is 2. The Kier molecular flexibility index (Phi) is 6.23.